The maximum absolute atomic E-state index is 4.52. The standard InChI is InChI=1S/C14H18BrN3/c1-3-7-18(8-4-2)14-12-9-11(15)5-6-13(12)16-10-17-14/h5-6,9-10H,3-4,7-8H2,1-2H3/p+1. The van der Waals surface area contributed by atoms with E-state index in [9.17, 15) is 0 Å². The molecule has 0 amide bonds. The van der Waals surface area contributed by atoms with E-state index in [1.54, 1.807) is 6.33 Å². The second kappa shape index (κ2) is 6.25. The molecule has 1 aromatic carbocycles. The van der Waals surface area contributed by atoms with Gasteiger partial charge in [0.25, 0.3) is 0 Å². The minimum Gasteiger partial charge on any atom is -0.285 e. The number of hydrogen-bond acceptors (Lipinski definition) is 2. The Bertz CT molecular complexity index is 521. The van der Waals surface area contributed by atoms with Gasteiger partial charge in [-0.05, 0) is 31.0 Å². The maximum atomic E-state index is 4.52. The summed E-state index contributed by atoms with van der Waals surface area (Å²) in [4.78, 5) is 10.3. The topological polar surface area (TPSA) is 30.2 Å². The molecule has 4 heteroatoms. The van der Waals surface area contributed by atoms with Crippen molar-refractivity contribution >= 4 is 32.7 Å². The van der Waals surface area contributed by atoms with Gasteiger partial charge >= 0.3 is 0 Å². The molecule has 0 spiro atoms. The molecular formula is C14H19BrN3+. The van der Waals surface area contributed by atoms with Crippen molar-refractivity contribution < 1.29 is 4.90 Å². The van der Waals surface area contributed by atoms with Gasteiger partial charge in [0.15, 0.2) is 0 Å². The molecule has 0 atom stereocenters. The molecule has 1 N–H and O–H groups in total. The van der Waals surface area contributed by atoms with Crippen molar-refractivity contribution in [3.63, 3.8) is 0 Å². The van der Waals surface area contributed by atoms with Gasteiger partial charge in [0.2, 0.25) is 5.82 Å². The van der Waals surface area contributed by atoms with Crippen LogP contribution in [0.2, 0.25) is 0 Å². The number of quaternary nitrogens is 1. The summed E-state index contributed by atoms with van der Waals surface area (Å²) in [6.45, 7) is 6.67. The molecule has 0 aliphatic rings. The molecule has 1 aromatic heterocycles. The number of halogens is 1. The van der Waals surface area contributed by atoms with Gasteiger partial charge in [0, 0.05) is 4.47 Å². The second-order valence-corrected chi connectivity index (χ2v) is 5.40. The lowest BCUT2D eigenvalue weighted by molar-refractivity contribution is -0.834. The SMILES string of the molecule is CCC[NH+](CCC)c1ncnc2ccc(Br)cc12. The van der Waals surface area contributed by atoms with Crippen molar-refractivity contribution in [1.29, 1.82) is 0 Å². The highest BCUT2D eigenvalue weighted by Gasteiger charge is 2.16. The fraction of sp³-hybridized carbons (Fsp3) is 0.429. The number of hydrogen-bond donors (Lipinski definition) is 1. The number of benzene rings is 1. The lowest BCUT2D eigenvalue weighted by Gasteiger charge is -2.17. The van der Waals surface area contributed by atoms with Gasteiger partial charge in [-0.15, -0.1) is 0 Å². The Hall–Kier alpha value is -1.000. The van der Waals surface area contributed by atoms with Gasteiger partial charge in [-0.3, -0.25) is 4.90 Å². The zero-order valence-electron chi connectivity index (χ0n) is 10.9. The molecule has 0 aliphatic carbocycles. The molecule has 0 saturated carbocycles. The molecule has 0 fully saturated rings. The van der Waals surface area contributed by atoms with E-state index in [0.717, 1.165) is 47.1 Å². The molecule has 0 saturated heterocycles. The number of nitrogens with one attached hydrogen (secondary N) is 1. The Morgan fingerprint density at radius 1 is 1.11 bits per heavy atom. The van der Waals surface area contributed by atoms with Crippen molar-refractivity contribution in [3.05, 3.63) is 29.0 Å². The first kappa shape index (κ1) is 13.4. The molecule has 96 valence electrons. The van der Waals surface area contributed by atoms with Crippen LogP contribution in [0.5, 0.6) is 0 Å². The molecule has 2 rings (SSSR count). The smallest absolute Gasteiger partial charge is 0.236 e. The van der Waals surface area contributed by atoms with E-state index in [1.807, 2.05) is 12.1 Å². The van der Waals surface area contributed by atoms with E-state index in [1.165, 1.54) is 4.90 Å². The Morgan fingerprint density at radius 2 is 1.83 bits per heavy atom. The highest BCUT2D eigenvalue weighted by atomic mass is 79.9. The van der Waals surface area contributed by atoms with Crippen LogP contribution in [0.15, 0.2) is 29.0 Å². The Labute approximate surface area is 116 Å². The van der Waals surface area contributed by atoms with Crippen LogP contribution < -0.4 is 4.90 Å². The van der Waals surface area contributed by atoms with Gasteiger partial charge in [-0.2, -0.15) is 4.98 Å². The highest BCUT2D eigenvalue weighted by Crippen LogP contribution is 2.21. The lowest BCUT2D eigenvalue weighted by atomic mass is 10.2. The number of nitrogens with zero attached hydrogens (tertiary/aromatic N) is 2. The summed E-state index contributed by atoms with van der Waals surface area (Å²) in [5, 5.41) is 1.16. The molecule has 0 aliphatic heterocycles. The van der Waals surface area contributed by atoms with Crippen LogP contribution in [0.25, 0.3) is 10.9 Å². The summed E-state index contributed by atoms with van der Waals surface area (Å²) in [7, 11) is 0. The Balaban J connectivity index is 2.50. The van der Waals surface area contributed by atoms with Crippen molar-refractivity contribution in [2.75, 3.05) is 13.1 Å². The normalized spacial score (nSPS) is 11.3. The van der Waals surface area contributed by atoms with Crippen LogP contribution in [0, 0.1) is 0 Å². The highest BCUT2D eigenvalue weighted by molar-refractivity contribution is 9.10. The van der Waals surface area contributed by atoms with E-state index in [2.05, 4.69) is 45.8 Å². The third kappa shape index (κ3) is 2.87. The first-order valence-corrected chi connectivity index (χ1v) is 7.30. The van der Waals surface area contributed by atoms with Gasteiger partial charge in [0.1, 0.15) is 6.33 Å². The summed E-state index contributed by atoms with van der Waals surface area (Å²) in [6, 6.07) is 6.19. The van der Waals surface area contributed by atoms with Crippen LogP contribution in [0.1, 0.15) is 26.7 Å². The summed E-state index contributed by atoms with van der Waals surface area (Å²) >= 11 is 3.53. The van der Waals surface area contributed by atoms with Crippen LogP contribution >= 0.6 is 15.9 Å². The van der Waals surface area contributed by atoms with E-state index in [-0.39, 0.29) is 0 Å². The van der Waals surface area contributed by atoms with E-state index in [0.29, 0.717) is 0 Å². The monoisotopic (exact) mass is 308 g/mol. The van der Waals surface area contributed by atoms with E-state index < -0.39 is 0 Å². The minimum atomic E-state index is 1.02. The zero-order valence-corrected chi connectivity index (χ0v) is 12.5. The predicted molar refractivity (Wildman–Crippen MR) is 78.2 cm³/mol. The second-order valence-electron chi connectivity index (χ2n) is 4.49. The van der Waals surface area contributed by atoms with Crippen molar-refractivity contribution in [2.45, 2.75) is 26.7 Å². The number of rotatable bonds is 5. The van der Waals surface area contributed by atoms with E-state index in [4.69, 9.17) is 0 Å². The molecule has 0 bridgehead atoms. The van der Waals surface area contributed by atoms with Crippen molar-refractivity contribution in [3.8, 4) is 0 Å². The van der Waals surface area contributed by atoms with Crippen LogP contribution in [-0.2, 0) is 0 Å². The van der Waals surface area contributed by atoms with Crippen molar-refractivity contribution in [1.82, 2.24) is 9.97 Å². The number of fused-ring (bicyclic) bond motifs is 1. The number of aromatic nitrogens is 2. The first-order chi connectivity index (χ1) is 8.76. The minimum absolute atomic E-state index is 1.02. The summed E-state index contributed by atoms with van der Waals surface area (Å²) < 4.78 is 1.08. The average Bonchev–Trinajstić information content (AvgIpc) is 2.38. The van der Waals surface area contributed by atoms with Crippen molar-refractivity contribution in [2.24, 2.45) is 0 Å². The maximum Gasteiger partial charge on any atom is 0.236 e. The molecule has 18 heavy (non-hydrogen) atoms. The summed E-state index contributed by atoms with van der Waals surface area (Å²) in [6.07, 6.45) is 4.00. The predicted octanol–water partition coefficient (Wildman–Crippen LogP) is 2.73. The Morgan fingerprint density at radius 3 is 2.50 bits per heavy atom. The van der Waals surface area contributed by atoms with E-state index >= 15 is 0 Å². The molecule has 0 unspecified atom stereocenters. The zero-order chi connectivity index (χ0) is 13.0. The fourth-order valence-electron chi connectivity index (χ4n) is 2.28. The molecule has 2 aromatic rings. The third-order valence-electron chi connectivity index (χ3n) is 3.04. The van der Waals surface area contributed by atoms with Gasteiger partial charge in [-0.1, -0.05) is 29.8 Å². The average molecular weight is 309 g/mol. The van der Waals surface area contributed by atoms with Gasteiger partial charge in [0.05, 0.1) is 24.0 Å². The fourth-order valence-corrected chi connectivity index (χ4v) is 2.64. The first-order valence-electron chi connectivity index (χ1n) is 6.51. The van der Waals surface area contributed by atoms with Crippen LogP contribution in [0.3, 0.4) is 0 Å². The van der Waals surface area contributed by atoms with Gasteiger partial charge in [-0.25, -0.2) is 4.98 Å². The van der Waals surface area contributed by atoms with Crippen LogP contribution in [-0.4, -0.2) is 23.1 Å². The van der Waals surface area contributed by atoms with Crippen LogP contribution in [0.4, 0.5) is 5.82 Å². The molecule has 1 heterocycles. The van der Waals surface area contributed by atoms with Gasteiger partial charge < -0.3 is 0 Å². The Kier molecular flexibility index (Phi) is 4.66. The quantitative estimate of drug-likeness (QED) is 0.920. The molecule has 3 nitrogen and oxygen atoms in total. The lowest BCUT2D eigenvalue weighted by Crippen LogP contribution is -3.07. The summed E-state index contributed by atoms with van der Waals surface area (Å²) in [5.74, 6) is 1.13. The largest absolute Gasteiger partial charge is 0.285 e. The third-order valence-corrected chi connectivity index (χ3v) is 3.53. The summed E-state index contributed by atoms with van der Waals surface area (Å²) in [5.41, 5.74) is 1.02. The molecule has 0 radical (unpaired) electrons. The molecular weight excluding hydrogens is 290 g/mol.